The summed E-state index contributed by atoms with van der Waals surface area (Å²) in [5.41, 5.74) is 2.54. The largest absolute Gasteiger partial charge is 0.465 e. The molecule has 152 valence electrons. The second-order valence-electron chi connectivity index (χ2n) is 6.94. The molecule has 2 aromatic rings. The van der Waals surface area contributed by atoms with E-state index in [-0.39, 0.29) is 6.42 Å². The van der Waals surface area contributed by atoms with Crippen LogP contribution in [0, 0.1) is 0 Å². The molecule has 2 aromatic carbocycles. The number of amides is 2. The first kappa shape index (κ1) is 20.4. The summed E-state index contributed by atoms with van der Waals surface area (Å²) in [6, 6.07) is 14.0. The van der Waals surface area contributed by atoms with Gasteiger partial charge in [-0.1, -0.05) is 6.07 Å². The number of esters is 1. The van der Waals surface area contributed by atoms with E-state index in [0.717, 1.165) is 18.8 Å². The van der Waals surface area contributed by atoms with Crippen molar-refractivity contribution in [1.82, 2.24) is 0 Å². The number of benzene rings is 2. The molecule has 0 aromatic heterocycles. The number of ether oxygens (including phenoxy) is 1. The molecular weight excluding hydrogens is 370 g/mol. The monoisotopic (exact) mass is 395 g/mol. The lowest BCUT2D eigenvalue weighted by molar-refractivity contribution is -0.123. The fourth-order valence-corrected chi connectivity index (χ4v) is 3.31. The van der Waals surface area contributed by atoms with E-state index in [0.29, 0.717) is 16.9 Å². The highest BCUT2D eigenvalue weighted by molar-refractivity contribution is 6.08. The third kappa shape index (κ3) is 5.81. The highest BCUT2D eigenvalue weighted by Crippen LogP contribution is 2.22. The molecule has 29 heavy (non-hydrogen) atoms. The van der Waals surface area contributed by atoms with Crippen LogP contribution in [-0.4, -0.2) is 38.0 Å². The molecule has 0 atom stereocenters. The Morgan fingerprint density at radius 2 is 1.55 bits per heavy atom. The van der Waals surface area contributed by atoms with Crippen molar-refractivity contribution < 1.29 is 19.1 Å². The van der Waals surface area contributed by atoms with Crippen LogP contribution in [0.4, 0.5) is 17.1 Å². The summed E-state index contributed by atoms with van der Waals surface area (Å²) in [5.74, 6) is -1.36. The Bertz CT molecular complexity index is 874. The van der Waals surface area contributed by atoms with E-state index in [1.54, 1.807) is 18.2 Å². The number of carbonyl (C=O) groups is 3. The van der Waals surface area contributed by atoms with Crippen molar-refractivity contribution in [3.05, 3.63) is 54.1 Å². The predicted octanol–water partition coefficient (Wildman–Crippen LogP) is 3.43. The minimum absolute atomic E-state index is 0.323. The number of rotatable bonds is 6. The normalized spacial score (nSPS) is 13.5. The van der Waals surface area contributed by atoms with E-state index in [2.05, 4.69) is 20.3 Å². The van der Waals surface area contributed by atoms with Gasteiger partial charge in [-0.05, 0) is 61.7 Å². The molecule has 1 saturated heterocycles. The second kappa shape index (κ2) is 9.73. The number of methoxy groups -OCH3 is 1. The maximum atomic E-state index is 12.2. The van der Waals surface area contributed by atoms with Gasteiger partial charge in [-0.25, -0.2) is 4.79 Å². The molecule has 2 N–H and O–H groups in total. The lowest BCUT2D eigenvalue weighted by Crippen LogP contribution is -2.29. The summed E-state index contributed by atoms with van der Waals surface area (Å²) in [5, 5.41) is 5.35. The van der Waals surface area contributed by atoms with Gasteiger partial charge in [-0.3, -0.25) is 9.59 Å². The predicted molar refractivity (Wildman–Crippen MR) is 112 cm³/mol. The Kier molecular flexibility index (Phi) is 6.84. The lowest BCUT2D eigenvalue weighted by Gasteiger charge is -2.28. The van der Waals surface area contributed by atoms with Gasteiger partial charge in [0.25, 0.3) is 0 Å². The Hall–Kier alpha value is -3.35. The van der Waals surface area contributed by atoms with Gasteiger partial charge < -0.3 is 20.3 Å². The topological polar surface area (TPSA) is 87.7 Å². The Balaban J connectivity index is 1.51. The molecule has 1 aliphatic heterocycles. The van der Waals surface area contributed by atoms with Crippen LogP contribution in [0.1, 0.15) is 36.0 Å². The van der Waals surface area contributed by atoms with Gasteiger partial charge in [0.1, 0.15) is 6.42 Å². The van der Waals surface area contributed by atoms with Crippen LogP contribution in [0.5, 0.6) is 0 Å². The molecule has 0 bridgehead atoms. The van der Waals surface area contributed by atoms with Crippen molar-refractivity contribution in [1.29, 1.82) is 0 Å². The van der Waals surface area contributed by atoms with Crippen LogP contribution in [0.3, 0.4) is 0 Å². The van der Waals surface area contributed by atoms with Gasteiger partial charge in [-0.2, -0.15) is 0 Å². The van der Waals surface area contributed by atoms with Crippen molar-refractivity contribution in [2.45, 2.75) is 25.7 Å². The zero-order chi connectivity index (χ0) is 20.6. The first-order valence-electron chi connectivity index (χ1n) is 9.68. The van der Waals surface area contributed by atoms with Crippen LogP contribution < -0.4 is 15.5 Å². The fourth-order valence-electron chi connectivity index (χ4n) is 3.31. The van der Waals surface area contributed by atoms with Gasteiger partial charge in [-0.15, -0.1) is 0 Å². The van der Waals surface area contributed by atoms with E-state index in [1.165, 1.54) is 32.4 Å². The number of carbonyl (C=O) groups excluding carboxylic acids is 3. The van der Waals surface area contributed by atoms with Gasteiger partial charge >= 0.3 is 5.97 Å². The summed E-state index contributed by atoms with van der Waals surface area (Å²) < 4.78 is 4.66. The third-order valence-electron chi connectivity index (χ3n) is 4.76. The number of hydrogen-bond donors (Lipinski definition) is 2. The van der Waals surface area contributed by atoms with E-state index in [9.17, 15) is 14.4 Å². The molecule has 3 rings (SSSR count). The number of piperidine rings is 1. The molecule has 7 nitrogen and oxygen atoms in total. The van der Waals surface area contributed by atoms with Crippen molar-refractivity contribution in [2.75, 3.05) is 35.7 Å². The summed E-state index contributed by atoms with van der Waals surface area (Å²) in [4.78, 5) is 38.2. The Morgan fingerprint density at radius 3 is 2.21 bits per heavy atom. The molecule has 0 unspecified atom stereocenters. The van der Waals surface area contributed by atoms with Gasteiger partial charge in [0.05, 0.1) is 12.7 Å². The minimum Gasteiger partial charge on any atom is -0.465 e. The van der Waals surface area contributed by atoms with Crippen molar-refractivity contribution >= 4 is 34.8 Å². The maximum absolute atomic E-state index is 12.2. The Morgan fingerprint density at radius 1 is 0.897 bits per heavy atom. The van der Waals surface area contributed by atoms with Crippen molar-refractivity contribution in [3.8, 4) is 0 Å². The van der Waals surface area contributed by atoms with E-state index >= 15 is 0 Å². The van der Waals surface area contributed by atoms with E-state index < -0.39 is 17.8 Å². The summed E-state index contributed by atoms with van der Waals surface area (Å²) >= 11 is 0. The van der Waals surface area contributed by atoms with Crippen LogP contribution in [0.25, 0.3) is 0 Å². The fraction of sp³-hybridized carbons (Fsp3) is 0.318. The van der Waals surface area contributed by atoms with Gasteiger partial charge in [0.2, 0.25) is 11.8 Å². The first-order chi connectivity index (χ1) is 14.0. The van der Waals surface area contributed by atoms with Crippen LogP contribution in [-0.2, 0) is 14.3 Å². The number of nitrogens with one attached hydrogen (secondary N) is 2. The molecule has 2 amide bonds. The number of hydrogen-bond acceptors (Lipinski definition) is 5. The first-order valence-corrected chi connectivity index (χ1v) is 9.68. The molecule has 0 aliphatic carbocycles. The molecule has 0 radical (unpaired) electrons. The van der Waals surface area contributed by atoms with Gasteiger partial charge in [0.15, 0.2) is 0 Å². The standard InChI is InChI=1S/C22H25N3O4/c1-29-22(28)16-6-5-7-18(14-16)24-21(27)15-20(26)23-17-8-10-19(11-9-17)25-12-3-2-4-13-25/h5-11,14H,2-4,12-13,15H2,1H3,(H,23,26)(H,24,27). The third-order valence-corrected chi connectivity index (χ3v) is 4.76. The van der Waals surface area contributed by atoms with Crippen molar-refractivity contribution in [2.24, 2.45) is 0 Å². The van der Waals surface area contributed by atoms with Gasteiger partial charge in [0, 0.05) is 30.2 Å². The zero-order valence-corrected chi connectivity index (χ0v) is 16.4. The molecule has 0 spiro atoms. The summed E-state index contributed by atoms with van der Waals surface area (Å²) in [6.07, 6.45) is 3.36. The SMILES string of the molecule is COC(=O)c1cccc(NC(=O)CC(=O)Nc2ccc(N3CCCCC3)cc2)c1. The molecule has 1 fully saturated rings. The molecule has 1 aliphatic rings. The highest BCUT2D eigenvalue weighted by atomic mass is 16.5. The lowest BCUT2D eigenvalue weighted by atomic mass is 10.1. The highest BCUT2D eigenvalue weighted by Gasteiger charge is 2.13. The number of anilines is 3. The van der Waals surface area contributed by atoms with E-state index in [1.807, 2.05) is 24.3 Å². The molecule has 0 saturated carbocycles. The quantitative estimate of drug-likeness (QED) is 0.578. The minimum atomic E-state index is -0.494. The van der Waals surface area contributed by atoms with Crippen molar-refractivity contribution in [3.63, 3.8) is 0 Å². The van der Waals surface area contributed by atoms with E-state index in [4.69, 9.17) is 0 Å². The molecular formula is C22H25N3O4. The average Bonchev–Trinajstić information content (AvgIpc) is 2.74. The Labute approximate surface area is 170 Å². The summed E-state index contributed by atoms with van der Waals surface area (Å²) in [7, 11) is 1.29. The summed E-state index contributed by atoms with van der Waals surface area (Å²) in [6.45, 7) is 2.12. The average molecular weight is 395 g/mol. The molecule has 1 heterocycles. The molecule has 7 heteroatoms. The maximum Gasteiger partial charge on any atom is 0.337 e. The number of nitrogens with zero attached hydrogens (tertiary/aromatic N) is 1. The zero-order valence-electron chi connectivity index (χ0n) is 16.4. The van der Waals surface area contributed by atoms with Crippen LogP contribution in [0.2, 0.25) is 0 Å². The van der Waals surface area contributed by atoms with Crippen LogP contribution in [0.15, 0.2) is 48.5 Å². The smallest absolute Gasteiger partial charge is 0.337 e. The second-order valence-corrected chi connectivity index (χ2v) is 6.94. The van der Waals surface area contributed by atoms with Crippen LogP contribution >= 0.6 is 0 Å².